The van der Waals surface area contributed by atoms with Gasteiger partial charge >= 0.3 is 13.5 Å². The van der Waals surface area contributed by atoms with E-state index < -0.39 is 75.8 Å². The number of aliphatic hydroxyl groups excluding tert-OH is 2. The SMILES string of the molecule is Nc1nc(NCC2(N)CC2)nc2c1ncn2[C@@H]1O[C@@H]2COP(O)(=S)O[C@H]3[C@@H](O)[C@H](n4cc5c6c(ncnc64)NCCC5)O[C@@H]3COP(=O)(S)O[C@@H]1[C@@H]2O. The number of nitrogens with one attached hydrogen (secondary N) is 2. The molecule has 4 fully saturated rings. The van der Waals surface area contributed by atoms with E-state index in [-0.39, 0.29) is 28.5 Å². The number of fused-ring (bicyclic) bond motifs is 4. The Morgan fingerprint density at radius 3 is 2.64 bits per heavy atom. The van der Waals surface area contributed by atoms with E-state index in [0.717, 1.165) is 43.2 Å². The summed E-state index contributed by atoms with van der Waals surface area (Å²) >= 11 is 9.59. The highest BCUT2D eigenvalue weighted by Crippen LogP contribution is 2.58. The monoisotopic (exact) mass is 813 g/mol. The second kappa shape index (κ2) is 13.3. The highest BCUT2D eigenvalue weighted by molar-refractivity contribution is 8.44. The summed E-state index contributed by atoms with van der Waals surface area (Å²) in [5.41, 5.74) is 14.0. The number of hydrogen-bond donors (Lipinski definition) is 8. The van der Waals surface area contributed by atoms with Crippen molar-refractivity contribution in [3.05, 3.63) is 24.4 Å². The van der Waals surface area contributed by atoms with Crippen LogP contribution in [0.1, 0.15) is 37.3 Å². The number of aryl methyl sites for hydroxylation is 1. The molecule has 2 bridgehead atoms. The maximum absolute atomic E-state index is 13.9. The van der Waals surface area contributed by atoms with Crippen LogP contribution in [0.25, 0.3) is 22.2 Å². The van der Waals surface area contributed by atoms with Crippen LogP contribution in [0.2, 0.25) is 0 Å². The number of nitrogen functional groups attached to an aromatic ring is 1. The molecule has 3 saturated heterocycles. The summed E-state index contributed by atoms with van der Waals surface area (Å²) in [6.45, 7) is -8.35. The number of ether oxygens (including phenoxy) is 2. The number of thiol groups is 1. The molecule has 4 aromatic rings. The third-order valence-corrected chi connectivity index (χ3v) is 13.2. The summed E-state index contributed by atoms with van der Waals surface area (Å²) in [4.78, 5) is 33.3. The maximum atomic E-state index is 13.9. The Morgan fingerprint density at radius 1 is 1.04 bits per heavy atom. The average Bonchev–Trinajstić information content (AvgIpc) is 3.31. The van der Waals surface area contributed by atoms with Crippen molar-refractivity contribution in [3.63, 3.8) is 0 Å². The van der Waals surface area contributed by atoms with Crippen molar-refractivity contribution in [1.29, 1.82) is 0 Å². The zero-order valence-corrected chi connectivity index (χ0v) is 31.2. The summed E-state index contributed by atoms with van der Waals surface area (Å²) < 4.78 is 52.6. The molecule has 5 aliphatic rings. The summed E-state index contributed by atoms with van der Waals surface area (Å²) in [5, 5.41) is 30.2. The van der Waals surface area contributed by atoms with Crippen LogP contribution in [-0.2, 0) is 50.4 Å². The van der Waals surface area contributed by atoms with Crippen LogP contribution in [0.3, 0.4) is 0 Å². The summed E-state index contributed by atoms with van der Waals surface area (Å²) in [7, 11) is 0. The molecule has 0 aromatic carbocycles. The largest absolute Gasteiger partial charge is 0.387 e. The van der Waals surface area contributed by atoms with E-state index in [4.69, 9.17) is 50.8 Å². The first-order valence-corrected chi connectivity index (χ1v) is 22.2. The van der Waals surface area contributed by atoms with E-state index in [0.29, 0.717) is 18.0 Å². The predicted octanol–water partition coefficient (Wildman–Crippen LogP) is 0.703. The van der Waals surface area contributed by atoms with E-state index in [1.165, 1.54) is 17.2 Å². The normalized spacial score (nSPS) is 36.9. The van der Waals surface area contributed by atoms with Crippen molar-refractivity contribution in [1.82, 2.24) is 34.1 Å². The first-order chi connectivity index (χ1) is 25.3. The first-order valence-electron chi connectivity index (χ1n) is 16.9. The molecule has 25 heteroatoms. The van der Waals surface area contributed by atoms with E-state index in [2.05, 4.69) is 47.8 Å². The molecule has 2 unspecified atom stereocenters. The van der Waals surface area contributed by atoms with Crippen LogP contribution in [-0.4, -0.2) is 118 Å². The minimum atomic E-state index is -4.35. The van der Waals surface area contributed by atoms with Gasteiger partial charge in [0.15, 0.2) is 23.9 Å². The van der Waals surface area contributed by atoms with Crippen LogP contribution >= 0.6 is 25.8 Å². The topological polar surface area (TPSA) is 284 Å². The van der Waals surface area contributed by atoms with Gasteiger partial charge in [-0.25, -0.2) is 19.5 Å². The van der Waals surface area contributed by atoms with Crippen LogP contribution < -0.4 is 22.1 Å². The zero-order valence-electron chi connectivity index (χ0n) is 27.7. The number of nitrogens with two attached hydrogens (primary N) is 2. The minimum absolute atomic E-state index is 0.0704. The quantitative estimate of drug-likeness (QED) is 0.102. The molecule has 10 atom stereocenters. The smallest absolute Gasteiger partial charge is 0.386 e. The van der Waals surface area contributed by atoms with Gasteiger partial charge < -0.3 is 55.8 Å². The van der Waals surface area contributed by atoms with Gasteiger partial charge in [-0.3, -0.25) is 18.1 Å². The number of aromatic nitrogens is 7. The van der Waals surface area contributed by atoms with Gasteiger partial charge in [-0.2, -0.15) is 9.97 Å². The fourth-order valence-corrected chi connectivity index (χ4v) is 9.98. The van der Waals surface area contributed by atoms with Crippen molar-refractivity contribution in [3.8, 4) is 0 Å². The number of anilines is 3. The lowest BCUT2D eigenvalue weighted by molar-refractivity contribution is -0.0587. The van der Waals surface area contributed by atoms with E-state index in [1.807, 2.05) is 6.20 Å². The Kier molecular flexibility index (Phi) is 9.03. The highest BCUT2D eigenvalue weighted by atomic mass is 32.7. The molecule has 4 aromatic heterocycles. The van der Waals surface area contributed by atoms with Crippen molar-refractivity contribution in [2.24, 2.45) is 5.73 Å². The van der Waals surface area contributed by atoms with Crippen LogP contribution in [0.4, 0.5) is 17.6 Å². The number of rotatable bonds is 5. The Balaban J connectivity index is 1.01. The molecule has 0 spiro atoms. The third kappa shape index (κ3) is 6.73. The van der Waals surface area contributed by atoms with Crippen molar-refractivity contribution in [2.45, 2.75) is 80.3 Å². The first kappa shape index (κ1) is 36.1. The summed E-state index contributed by atoms with van der Waals surface area (Å²) in [6.07, 6.45) is -2.48. The van der Waals surface area contributed by atoms with Crippen molar-refractivity contribution in [2.75, 3.05) is 42.7 Å². The number of aliphatic hydroxyl groups is 2. The zero-order chi connectivity index (χ0) is 36.9. The van der Waals surface area contributed by atoms with Crippen molar-refractivity contribution < 1.29 is 47.2 Å². The van der Waals surface area contributed by atoms with Gasteiger partial charge in [-0.1, -0.05) is 12.2 Å². The molecule has 0 radical (unpaired) electrons. The van der Waals surface area contributed by atoms with Crippen LogP contribution in [0, 0.1) is 0 Å². The molecule has 4 aliphatic heterocycles. The summed E-state index contributed by atoms with van der Waals surface area (Å²) in [5.74, 6) is 0.924. The van der Waals surface area contributed by atoms with Gasteiger partial charge in [0.25, 0.3) is 0 Å². The molecule has 9 rings (SSSR count). The molecule has 53 heavy (non-hydrogen) atoms. The Hall–Kier alpha value is -2.60. The minimum Gasteiger partial charge on any atom is -0.387 e. The second-order valence-corrected chi connectivity index (χ2v) is 19.4. The summed E-state index contributed by atoms with van der Waals surface area (Å²) in [6, 6.07) is 0. The second-order valence-electron chi connectivity index (χ2n) is 13.8. The van der Waals surface area contributed by atoms with E-state index >= 15 is 0 Å². The predicted molar refractivity (Wildman–Crippen MR) is 193 cm³/mol. The molecule has 0 amide bonds. The van der Waals surface area contributed by atoms with E-state index in [1.54, 1.807) is 4.57 Å². The molecule has 9 N–H and O–H groups in total. The Bertz CT molecular complexity index is 2180. The molecule has 1 aliphatic carbocycles. The number of nitrogens with zero attached hydrogens (tertiary/aromatic N) is 7. The van der Waals surface area contributed by atoms with Crippen LogP contribution in [0.5, 0.6) is 0 Å². The fourth-order valence-electron chi connectivity index (χ4n) is 7.07. The van der Waals surface area contributed by atoms with Crippen molar-refractivity contribution >= 4 is 77.4 Å². The molecular weight excluding hydrogens is 776 g/mol. The number of hydrogen-bond acceptors (Lipinski definition) is 19. The molecule has 8 heterocycles. The van der Waals surface area contributed by atoms with Gasteiger partial charge in [0.1, 0.15) is 59.9 Å². The molecule has 286 valence electrons. The van der Waals surface area contributed by atoms with Gasteiger partial charge in [0.2, 0.25) is 5.95 Å². The lowest BCUT2D eigenvalue weighted by Crippen LogP contribution is -2.36. The van der Waals surface area contributed by atoms with Gasteiger partial charge in [-0.15, -0.1) is 0 Å². The van der Waals surface area contributed by atoms with Gasteiger partial charge in [0, 0.05) is 24.8 Å². The average molecular weight is 814 g/mol. The Morgan fingerprint density at radius 2 is 1.83 bits per heavy atom. The molecule has 1 saturated carbocycles. The maximum Gasteiger partial charge on any atom is 0.386 e. The van der Waals surface area contributed by atoms with Gasteiger partial charge in [-0.05, 0) is 43.1 Å². The lowest BCUT2D eigenvalue weighted by atomic mass is 10.1. The molecule has 21 nitrogen and oxygen atoms in total. The standard InChI is InChI=1S/C28H37N11O10P2S2/c29-21-16-24(37-27(36-21)32-9-28(30)3-4-28)39(11-35-16)26-20-17(40)13(46-26)7-44-50(42,52)48-19-14(8-45-51(43,53)49-20)47-25(18(19)41)38-6-12-2-1-5-31-22-15(12)23(38)34-10-33-22/h6,10-11,13-14,17-20,25-26,40-41H,1-5,7-9,30H2,(H,42,52)(H,43,53)(H,31,33,34)(H3,29,32,36,37)/t13-,14-,17-,18-,19-,20-,25-,26-,50?,51?/m1/s1. The van der Waals surface area contributed by atoms with Crippen LogP contribution in [0.15, 0.2) is 18.9 Å². The third-order valence-electron chi connectivity index (χ3n) is 10.0. The Labute approximate surface area is 311 Å². The lowest BCUT2D eigenvalue weighted by Gasteiger charge is -2.27. The van der Waals surface area contributed by atoms with E-state index in [9.17, 15) is 19.7 Å². The number of imidazole rings is 1. The highest BCUT2D eigenvalue weighted by Gasteiger charge is 2.53. The van der Waals surface area contributed by atoms with Gasteiger partial charge in [0.05, 0.1) is 24.9 Å². The fraction of sp³-hybridized carbons (Fsp3) is 0.607. The molecular formula is C28H37N11O10P2S2.